The van der Waals surface area contributed by atoms with E-state index in [1.807, 2.05) is 6.07 Å². The maximum Gasteiger partial charge on any atom is 0.277 e. The van der Waals surface area contributed by atoms with Gasteiger partial charge < -0.3 is 10.1 Å². The number of carbonyl (C=O) groups excluding carboxylic acids is 1. The van der Waals surface area contributed by atoms with Crippen LogP contribution in [0.1, 0.15) is 42.6 Å². The number of nitrogens with zero attached hydrogens (tertiary/aromatic N) is 3. The van der Waals surface area contributed by atoms with E-state index in [1.54, 1.807) is 42.6 Å². The van der Waals surface area contributed by atoms with Crippen LogP contribution in [-0.2, 0) is 0 Å². The van der Waals surface area contributed by atoms with E-state index in [2.05, 4.69) is 15.4 Å². The van der Waals surface area contributed by atoms with Crippen molar-refractivity contribution in [3.63, 3.8) is 0 Å². The minimum Gasteiger partial charge on any atom is -0.489 e. The number of anilines is 1. The molecule has 1 saturated carbocycles. The third kappa shape index (κ3) is 4.74. The van der Waals surface area contributed by atoms with Crippen LogP contribution in [0.15, 0.2) is 65.6 Å². The molecule has 0 spiro atoms. The number of nitrogens with one attached hydrogen (secondary N) is 1. The van der Waals surface area contributed by atoms with Gasteiger partial charge in [-0.1, -0.05) is 37.5 Å². The zero-order chi connectivity index (χ0) is 20.8. The molecule has 2 aromatic heterocycles. The molecule has 0 bridgehead atoms. The standard InChI is InChI=1S/C23H24N4O3/c28-21-14-13-19(26-27(21)18-10-5-2-6-11-18)23(29)25-22-20(12-7-15-24-22)30-16-17-8-3-1-4-9-17/h2,5-7,10-15,17H,1,3-4,8-9,16H2,(H,24,25,29). The molecular weight excluding hydrogens is 380 g/mol. The van der Waals surface area contributed by atoms with Gasteiger partial charge in [0.1, 0.15) is 5.69 Å². The Kier molecular flexibility index (Phi) is 6.17. The molecule has 0 atom stereocenters. The maximum atomic E-state index is 12.8. The third-order valence-electron chi connectivity index (χ3n) is 5.24. The van der Waals surface area contributed by atoms with Crippen LogP contribution in [0.4, 0.5) is 5.82 Å². The number of ether oxygens (including phenoxy) is 1. The number of hydrogen-bond acceptors (Lipinski definition) is 5. The summed E-state index contributed by atoms with van der Waals surface area (Å²) in [4.78, 5) is 29.2. The summed E-state index contributed by atoms with van der Waals surface area (Å²) in [6.45, 7) is 0.617. The molecule has 1 aliphatic rings. The average Bonchev–Trinajstić information content (AvgIpc) is 2.80. The van der Waals surface area contributed by atoms with Gasteiger partial charge in [0.2, 0.25) is 0 Å². The minimum absolute atomic E-state index is 0.113. The van der Waals surface area contributed by atoms with Gasteiger partial charge in [0.05, 0.1) is 12.3 Å². The van der Waals surface area contributed by atoms with Gasteiger partial charge in [-0.3, -0.25) is 9.59 Å². The summed E-state index contributed by atoms with van der Waals surface area (Å²) in [6.07, 6.45) is 7.73. The fourth-order valence-corrected chi connectivity index (χ4v) is 3.62. The predicted octanol–water partition coefficient (Wildman–Crippen LogP) is 3.84. The molecule has 1 aliphatic carbocycles. The third-order valence-corrected chi connectivity index (χ3v) is 5.24. The van der Waals surface area contributed by atoms with E-state index in [0.717, 1.165) is 0 Å². The van der Waals surface area contributed by atoms with Crippen molar-refractivity contribution in [2.24, 2.45) is 5.92 Å². The summed E-state index contributed by atoms with van der Waals surface area (Å²) >= 11 is 0. The van der Waals surface area contributed by atoms with Gasteiger partial charge in [0.25, 0.3) is 11.5 Å². The number of amides is 1. The average molecular weight is 404 g/mol. The lowest BCUT2D eigenvalue weighted by Crippen LogP contribution is -2.25. The Hall–Kier alpha value is -3.48. The first-order chi connectivity index (χ1) is 14.7. The number of carbonyl (C=O) groups is 1. The van der Waals surface area contributed by atoms with Crippen molar-refractivity contribution in [1.82, 2.24) is 14.8 Å². The SMILES string of the molecule is O=C(Nc1ncccc1OCC1CCCCC1)c1ccc(=O)n(-c2ccccc2)n1. The highest BCUT2D eigenvalue weighted by Gasteiger charge is 2.17. The van der Waals surface area contributed by atoms with Crippen LogP contribution in [-0.4, -0.2) is 27.3 Å². The van der Waals surface area contributed by atoms with Crippen LogP contribution in [0.2, 0.25) is 0 Å². The van der Waals surface area contributed by atoms with Crippen molar-refractivity contribution in [1.29, 1.82) is 0 Å². The molecule has 0 radical (unpaired) electrons. The second-order valence-electron chi connectivity index (χ2n) is 7.42. The molecule has 1 fully saturated rings. The summed E-state index contributed by atoms with van der Waals surface area (Å²) in [5.74, 6) is 0.963. The van der Waals surface area contributed by atoms with Crippen molar-refractivity contribution in [3.8, 4) is 11.4 Å². The largest absolute Gasteiger partial charge is 0.489 e. The molecule has 30 heavy (non-hydrogen) atoms. The van der Waals surface area contributed by atoms with E-state index >= 15 is 0 Å². The summed E-state index contributed by atoms with van der Waals surface area (Å²) in [6, 6.07) is 15.3. The van der Waals surface area contributed by atoms with Gasteiger partial charge in [0.15, 0.2) is 11.6 Å². The topological polar surface area (TPSA) is 86.1 Å². The van der Waals surface area contributed by atoms with E-state index in [0.29, 0.717) is 29.8 Å². The highest BCUT2D eigenvalue weighted by Crippen LogP contribution is 2.27. The first-order valence-electron chi connectivity index (χ1n) is 10.3. The molecule has 7 heteroatoms. The van der Waals surface area contributed by atoms with Crippen LogP contribution in [0.3, 0.4) is 0 Å². The molecular formula is C23H24N4O3. The molecule has 1 amide bonds. The zero-order valence-corrected chi connectivity index (χ0v) is 16.7. The molecule has 0 saturated heterocycles. The molecule has 4 rings (SSSR count). The highest BCUT2D eigenvalue weighted by atomic mass is 16.5. The number of pyridine rings is 1. The van der Waals surface area contributed by atoms with Crippen molar-refractivity contribution in [3.05, 3.63) is 76.8 Å². The van der Waals surface area contributed by atoms with Gasteiger partial charge in [0, 0.05) is 12.3 Å². The maximum absolute atomic E-state index is 12.8. The lowest BCUT2D eigenvalue weighted by Gasteiger charge is -2.22. The highest BCUT2D eigenvalue weighted by molar-refractivity contribution is 6.02. The Bertz CT molecular complexity index is 1060. The molecule has 1 N–H and O–H groups in total. The summed E-state index contributed by atoms with van der Waals surface area (Å²) in [7, 11) is 0. The van der Waals surface area contributed by atoms with Gasteiger partial charge in [-0.05, 0) is 49.1 Å². The molecule has 2 heterocycles. The predicted molar refractivity (Wildman–Crippen MR) is 114 cm³/mol. The van der Waals surface area contributed by atoms with E-state index in [4.69, 9.17) is 4.74 Å². The van der Waals surface area contributed by atoms with E-state index in [1.165, 1.54) is 48.9 Å². The Morgan fingerprint density at radius 3 is 2.63 bits per heavy atom. The normalized spacial score (nSPS) is 14.3. The Balaban J connectivity index is 1.50. The van der Waals surface area contributed by atoms with E-state index in [-0.39, 0.29) is 11.3 Å². The van der Waals surface area contributed by atoms with Gasteiger partial charge in [-0.15, -0.1) is 0 Å². The van der Waals surface area contributed by atoms with Crippen LogP contribution >= 0.6 is 0 Å². The summed E-state index contributed by atoms with van der Waals surface area (Å²) in [5.41, 5.74) is 0.390. The quantitative estimate of drug-likeness (QED) is 0.675. The minimum atomic E-state index is -0.458. The van der Waals surface area contributed by atoms with Crippen molar-refractivity contribution < 1.29 is 9.53 Å². The zero-order valence-electron chi connectivity index (χ0n) is 16.7. The van der Waals surface area contributed by atoms with Crippen LogP contribution in [0.25, 0.3) is 5.69 Å². The monoisotopic (exact) mass is 404 g/mol. The van der Waals surface area contributed by atoms with Gasteiger partial charge >= 0.3 is 0 Å². The molecule has 0 aliphatic heterocycles. The van der Waals surface area contributed by atoms with E-state index in [9.17, 15) is 9.59 Å². The Labute approximate surface area is 174 Å². The Morgan fingerprint density at radius 1 is 1.03 bits per heavy atom. The fraction of sp³-hybridized carbons (Fsp3) is 0.304. The van der Waals surface area contributed by atoms with Crippen LogP contribution in [0.5, 0.6) is 5.75 Å². The molecule has 154 valence electrons. The smallest absolute Gasteiger partial charge is 0.277 e. The van der Waals surface area contributed by atoms with Gasteiger partial charge in [-0.25, -0.2) is 4.98 Å². The van der Waals surface area contributed by atoms with Crippen LogP contribution < -0.4 is 15.6 Å². The lowest BCUT2D eigenvalue weighted by atomic mass is 9.90. The first-order valence-corrected chi connectivity index (χ1v) is 10.3. The van der Waals surface area contributed by atoms with Crippen molar-refractivity contribution >= 4 is 11.7 Å². The number of hydrogen-bond donors (Lipinski definition) is 1. The fourth-order valence-electron chi connectivity index (χ4n) is 3.62. The second kappa shape index (κ2) is 9.35. The molecule has 1 aromatic carbocycles. The molecule has 7 nitrogen and oxygen atoms in total. The van der Waals surface area contributed by atoms with E-state index < -0.39 is 5.91 Å². The Morgan fingerprint density at radius 2 is 1.83 bits per heavy atom. The first kappa shape index (κ1) is 19.8. The van der Waals surface area contributed by atoms with Crippen molar-refractivity contribution in [2.45, 2.75) is 32.1 Å². The molecule has 3 aromatic rings. The number of aromatic nitrogens is 3. The van der Waals surface area contributed by atoms with Gasteiger partial charge in [-0.2, -0.15) is 9.78 Å². The number of benzene rings is 1. The summed E-state index contributed by atoms with van der Waals surface area (Å²) in [5, 5.41) is 6.97. The van der Waals surface area contributed by atoms with Crippen LogP contribution in [0, 0.1) is 5.92 Å². The second-order valence-corrected chi connectivity index (χ2v) is 7.42. The summed E-state index contributed by atoms with van der Waals surface area (Å²) < 4.78 is 7.17. The molecule has 0 unspecified atom stereocenters. The number of para-hydroxylation sites is 1. The van der Waals surface area contributed by atoms with Crippen molar-refractivity contribution in [2.75, 3.05) is 11.9 Å². The lowest BCUT2D eigenvalue weighted by molar-refractivity contribution is 0.101. The number of rotatable bonds is 6.